The number of anilines is 1. The Morgan fingerprint density at radius 3 is 2.69 bits per heavy atom. The van der Waals surface area contributed by atoms with Crippen molar-refractivity contribution in [2.75, 3.05) is 12.0 Å². The monoisotopic (exact) mass is 435 g/mol. The van der Waals surface area contributed by atoms with Crippen molar-refractivity contribution < 1.29 is 18.8 Å². The summed E-state index contributed by atoms with van der Waals surface area (Å²) >= 11 is 11.3. The van der Waals surface area contributed by atoms with Crippen LogP contribution in [0.25, 0.3) is 0 Å². The van der Waals surface area contributed by atoms with Crippen LogP contribution in [0.5, 0.6) is 0 Å². The quantitative estimate of drug-likeness (QED) is 0.332. The number of hydrogen-bond acceptors (Lipinski definition) is 5. The Bertz CT molecular complexity index is 1060. The molecule has 0 radical (unpaired) electrons. The Labute approximate surface area is 175 Å². The molecule has 0 fully saturated rings. The number of ether oxygens (including phenoxy) is 1. The highest BCUT2D eigenvalue weighted by molar-refractivity contribution is 7.80. The summed E-state index contributed by atoms with van der Waals surface area (Å²) in [6.07, 6.45) is 0. The Hall–Kier alpha value is -3.04. The number of esters is 1. The lowest BCUT2D eigenvalue weighted by atomic mass is 9.94. The van der Waals surface area contributed by atoms with Gasteiger partial charge in [0, 0.05) is 23.5 Å². The highest BCUT2D eigenvalue weighted by Gasteiger charge is 2.35. The van der Waals surface area contributed by atoms with Crippen LogP contribution in [0, 0.1) is 15.9 Å². The second-order valence-corrected chi connectivity index (χ2v) is 6.95. The number of nitro groups is 1. The average Bonchev–Trinajstić information content (AvgIpc) is 2.69. The minimum absolute atomic E-state index is 0.0986. The number of halogens is 2. The molecular weight excluding hydrogens is 421 g/mol. The fourth-order valence-electron chi connectivity index (χ4n) is 3.12. The summed E-state index contributed by atoms with van der Waals surface area (Å²) < 4.78 is 18.5. The van der Waals surface area contributed by atoms with Crippen molar-refractivity contribution in [2.24, 2.45) is 0 Å². The van der Waals surface area contributed by atoms with Gasteiger partial charge in [0.1, 0.15) is 5.82 Å². The predicted molar refractivity (Wildman–Crippen MR) is 110 cm³/mol. The zero-order valence-electron chi connectivity index (χ0n) is 15.3. The topological polar surface area (TPSA) is 84.7 Å². The van der Waals surface area contributed by atoms with Gasteiger partial charge in [-0.3, -0.25) is 15.0 Å². The number of nitrogens with one attached hydrogen (secondary N) is 1. The van der Waals surface area contributed by atoms with Crippen molar-refractivity contribution in [1.29, 1.82) is 0 Å². The number of nitro benzene ring substituents is 1. The number of methoxy groups -OCH3 is 1. The maximum Gasteiger partial charge on any atom is 0.337 e. The van der Waals surface area contributed by atoms with Crippen LogP contribution in [-0.4, -0.2) is 23.1 Å². The van der Waals surface area contributed by atoms with Gasteiger partial charge in [0.25, 0.3) is 5.69 Å². The second kappa shape index (κ2) is 8.14. The number of carbonyl (C=O) groups excluding carboxylic acids is 1. The molecule has 0 amide bonds. The van der Waals surface area contributed by atoms with Crippen LogP contribution in [0.3, 0.4) is 0 Å². The van der Waals surface area contributed by atoms with E-state index in [9.17, 15) is 19.3 Å². The van der Waals surface area contributed by atoms with Gasteiger partial charge in [0.15, 0.2) is 5.11 Å². The molecule has 29 heavy (non-hydrogen) atoms. The molecule has 1 aliphatic rings. The van der Waals surface area contributed by atoms with E-state index >= 15 is 0 Å². The molecule has 1 aliphatic heterocycles. The molecule has 7 nitrogen and oxygen atoms in total. The van der Waals surface area contributed by atoms with Gasteiger partial charge < -0.3 is 10.1 Å². The molecule has 0 saturated heterocycles. The van der Waals surface area contributed by atoms with E-state index in [4.69, 9.17) is 28.6 Å². The Morgan fingerprint density at radius 2 is 2.07 bits per heavy atom. The van der Waals surface area contributed by atoms with Gasteiger partial charge in [-0.05, 0) is 42.9 Å². The largest absolute Gasteiger partial charge is 0.466 e. The lowest BCUT2D eigenvalue weighted by Gasteiger charge is -2.37. The molecule has 2 aromatic carbocycles. The molecule has 10 heteroatoms. The van der Waals surface area contributed by atoms with Crippen molar-refractivity contribution in [3.05, 3.63) is 80.3 Å². The van der Waals surface area contributed by atoms with Gasteiger partial charge in [-0.15, -0.1) is 0 Å². The number of non-ortho nitro benzene ring substituents is 1. The molecule has 3 rings (SSSR count). The van der Waals surface area contributed by atoms with E-state index in [1.165, 1.54) is 48.4 Å². The van der Waals surface area contributed by atoms with Crippen LogP contribution >= 0.6 is 23.8 Å². The van der Waals surface area contributed by atoms with Crippen molar-refractivity contribution in [3.63, 3.8) is 0 Å². The number of carbonyl (C=O) groups is 1. The van der Waals surface area contributed by atoms with Gasteiger partial charge in [-0.2, -0.15) is 0 Å². The number of rotatable bonds is 4. The molecule has 0 spiro atoms. The first kappa shape index (κ1) is 20.7. The minimum atomic E-state index is -0.762. The molecule has 0 aliphatic carbocycles. The van der Waals surface area contributed by atoms with E-state index < -0.39 is 22.8 Å². The Kier molecular flexibility index (Phi) is 5.81. The van der Waals surface area contributed by atoms with E-state index in [1.54, 1.807) is 13.0 Å². The molecule has 1 atom stereocenters. The molecule has 1 unspecified atom stereocenters. The van der Waals surface area contributed by atoms with Gasteiger partial charge in [-0.1, -0.05) is 23.7 Å². The molecule has 0 bridgehead atoms. The third-order valence-electron chi connectivity index (χ3n) is 4.47. The number of benzene rings is 2. The first-order chi connectivity index (χ1) is 13.7. The Balaban J connectivity index is 2.15. The first-order valence-electron chi connectivity index (χ1n) is 8.33. The number of thiocarbonyl (C=S) groups is 1. The van der Waals surface area contributed by atoms with Crippen LogP contribution in [0.4, 0.5) is 15.8 Å². The SMILES string of the molecule is COC(=O)C1=C(C)N(c2ccc(F)c(Cl)c2)C(=S)NC1c1cccc([N+](=O)[O-])c1. The second-order valence-electron chi connectivity index (χ2n) is 6.16. The zero-order chi connectivity index (χ0) is 21.3. The number of allylic oxidation sites excluding steroid dienone is 1. The number of hydrogen-bond donors (Lipinski definition) is 1. The lowest BCUT2D eigenvalue weighted by Crippen LogP contribution is -2.48. The summed E-state index contributed by atoms with van der Waals surface area (Å²) in [7, 11) is 1.24. The minimum Gasteiger partial charge on any atom is -0.466 e. The molecule has 0 saturated carbocycles. The zero-order valence-corrected chi connectivity index (χ0v) is 16.9. The fourth-order valence-corrected chi connectivity index (χ4v) is 3.66. The molecule has 1 N–H and O–H groups in total. The van der Waals surface area contributed by atoms with E-state index in [0.717, 1.165) is 0 Å². The van der Waals surface area contributed by atoms with Crippen LogP contribution < -0.4 is 10.2 Å². The summed E-state index contributed by atoms with van der Waals surface area (Å²) in [6.45, 7) is 1.65. The van der Waals surface area contributed by atoms with Gasteiger partial charge in [-0.25, -0.2) is 9.18 Å². The molecule has 150 valence electrons. The summed E-state index contributed by atoms with van der Waals surface area (Å²) in [6, 6.07) is 9.17. The standard InChI is InChI=1S/C19H15ClFN3O4S/c1-10-16(18(25)28-2)17(11-4-3-5-13(8-11)24(26)27)22-19(29)23(10)12-6-7-15(21)14(20)9-12/h3-9,17H,1-2H3,(H,22,29). The summed E-state index contributed by atoms with van der Waals surface area (Å²) in [5.41, 5.74) is 1.44. The van der Waals surface area contributed by atoms with Crippen LogP contribution in [0.2, 0.25) is 5.02 Å². The van der Waals surface area contributed by atoms with Gasteiger partial charge >= 0.3 is 5.97 Å². The Morgan fingerprint density at radius 1 is 1.34 bits per heavy atom. The van der Waals surface area contributed by atoms with Gasteiger partial charge in [0.05, 0.1) is 28.7 Å². The highest BCUT2D eigenvalue weighted by atomic mass is 35.5. The van der Waals surface area contributed by atoms with E-state index in [1.807, 2.05) is 0 Å². The summed E-state index contributed by atoms with van der Waals surface area (Å²) in [5, 5.41) is 14.3. The average molecular weight is 436 g/mol. The summed E-state index contributed by atoms with van der Waals surface area (Å²) in [4.78, 5) is 24.7. The maximum atomic E-state index is 13.6. The summed E-state index contributed by atoms with van der Waals surface area (Å²) in [5.74, 6) is -1.22. The van der Waals surface area contributed by atoms with Crippen LogP contribution in [0.1, 0.15) is 18.5 Å². The van der Waals surface area contributed by atoms with Crippen molar-refractivity contribution in [3.8, 4) is 0 Å². The normalized spacial score (nSPS) is 16.5. The van der Waals surface area contributed by atoms with E-state index in [-0.39, 0.29) is 21.4 Å². The van der Waals surface area contributed by atoms with Crippen molar-refractivity contribution in [2.45, 2.75) is 13.0 Å². The van der Waals surface area contributed by atoms with Crippen LogP contribution in [-0.2, 0) is 9.53 Å². The van der Waals surface area contributed by atoms with Crippen molar-refractivity contribution >= 4 is 46.3 Å². The third-order valence-corrected chi connectivity index (χ3v) is 5.06. The fraction of sp³-hybridized carbons (Fsp3) is 0.158. The van der Waals surface area contributed by atoms with Crippen LogP contribution in [0.15, 0.2) is 53.7 Å². The van der Waals surface area contributed by atoms with Gasteiger partial charge in [0.2, 0.25) is 0 Å². The molecule has 1 heterocycles. The smallest absolute Gasteiger partial charge is 0.337 e. The van der Waals surface area contributed by atoms with Crippen molar-refractivity contribution in [1.82, 2.24) is 5.32 Å². The maximum absolute atomic E-state index is 13.6. The third kappa shape index (κ3) is 3.92. The predicted octanol–water partition coefficient (Wildman–Crippen LogP) is 4.27. The molecule has 0 aromatic heterocycles. The van der Waals surface area contributed by atoms with E-state index in [0.29, 0.717) is 16.9 Å². The highest BCUT2D eigenvalue weighted by Crippen LogP contribution is 2.36. The molecular formula is C19H15ClFN3O4S. The number of nitrogens with zero attached hydrogens (tertiary/aromatic N) is 2. The lowest BCUT2D eigenvalue weighted by molar-refractivity contribution is -0.384. The first-order valence-corrected chi connectivity index (χ1v) is 9.12. The molecule has 2 aromatic rings. The van der Waals surface area contributed by atoms with E-state index in [2.05, 4.69) is 5.32 Å².